The highest BCUT2D eigenvalue weighted by atomic mass is 16.5. The van der Waals surface area contributed by atoms with Gasteiger partial charge >= 0.3 is 0 Å². The standard InChI is InChI=1S/C16H25N3O/c1-13(2)18-16(3,12-17)9-10-19(4)14-7-6-8-15(11-14)20-5/h6-8,11,13,18H,9-10H2,1-5H3. The van der Waals surface area contributed by atoms with Crippen LogP contribution in [0.2, 0.25) is 0 Å². The van der Waals surface area contributed by atoms with Crippen LogP contribution in [0.5, 0.6) is 5.75 Å². The van der Waals surface area contributed by atoms with E-state index in [-0.39, 0.29) is 0 Å². The highest BCUT2D eigenvalue weighted by Gasteiger charge is 2.24. The molecule has 4 nitrogen and oxygen atoms in total. The predicted molar refractivity (Wildman–Crippen MR) is 83.2 cm³/mol. The van der Waals surface area contributed by atoms with Crippen LogP contribution in [0, 0.1) is 11.3 Å². The first kappa shape index (κ1) is 16.3. The average Bonchev–Trinajstić information content (AvgIpc) is 2.44. The molecule has 0 aliphatic carbocycles. The lowest BCUT2D eigenvalue weighted by atomic mass is 9.98. The summed E-state index contributed by atoms with van der Waals surface area (Å²) in [5.74, 6) is 0.845. The summed E-state index contributed by atoms with van der Waals surface area (Å²) in [6.45, 7) is 6.87. The third-order valence-electron chi connectivity index (χ3n) is 3.30. The average molecular weight is 275 g/mol. The van der Waals surface area contributed by atoms with Crippen LogP contribution < -0.4 is 15.0 Å². The van der Waals surface area contributed by atoms with Crippen molar-refractivity contribution in [3.63, 3.8) is 0 Å². The lowest BCUT2D eigenvalue weighted by Gasteiger charge is -2.29. The van der Waals surface area contributed by atoms with Gasteiger partial charge in [-0.1, -0.05) is 6.07 Å². The third kappa shape index (κ3) is 4.75. The molecule has 0 aromatic heterocycles. The van der Waals surface area contributed by atoms with E-state index in [1.54, 1.807) is 7.11 Å². The Balaban J connectivity index is 2.66. The number of anilines is 1. The lowest BCUT2D eigenvalue weighted by molar-refractivity contribution is 0.384. The molecule has 1 aromatic rings. The second-order valence-corrected chi connectivity index (χ2v) is 5.62. The summed E-state index contributed by atoms with van der Waals surface area (Å²) >= 11 is 0. The molecule has 0 aliphatic heterocycles. The van der Waals surface area contributed by atoms with Gasteiger partial charge in [0, 0.05) is 31.4 Å². The van der Waals surface area contributed by atoms with Crippen molar-refractivity contribution in [3.05, 3.63) is 24.3 Å². The van der Waals surface area contributed by atoms with E-state index in [2.05, 4.69) is 30.1 Å². The molecule has 1 unspecified atom stereocenters. The second kappa shape index (κ2) is 7.16. The summed E-state index contributed by atoms with van der Waals surface area (Å²) < 4.78 is 5.23. The minimum atomic E-state index is -0.499. The number of rotatable bonds is 7. The van der Waals surface area contributed by atoms with Gasteiger partial charge in [0.15, 0.2) is 0 Å². The van der Waals surface area contributed by atoms with E-state index in [1.165, 1.54) is 0 Å². The summed E-state index contributed by atoms with van der Waals surface area (Å²) in [6, 6.07) is 10.6. The van der Waals surface area contributed by atoms with Gasteiger partial charge in [0.25, 0.3) is 0 Å². The van der Waals surface area contributed by atoms with Crippen molar-refractivity contribution in [1.29, 1.82) is 5.26 Å². The van der Waals surface area contributed by atoms with Crippen LogP contribution in [0.1, 0.15) is 27.2 Å². The normalized spacial score (nSPS) is 13.7. The summed E-state index contributed by atoms with van der Waals surface area (Å²) in [4.78, 5) is 2.14. The first-order valence-corrected chi connectivity index (χ1v) is 6.94. The van der Waals surface area contributed by atoms with E-state index in [0.717, 1.165) is 24.4 Å². The summed E-state index contributed by atoms with van der Waals surface area (Å²) in [5.41, 5.74) is 0.593. The molecule has 1 aromatic carbocycles. The Morgan fingerprint density at radius 2 is 2.15 bits per heavy atom. The first-order chi connectivity index (χ1) is 9.40. The molecular formula is C16H25N3O. The van der Waals surface area contributed by atoms with Crippen LogP contribution in [-0.2, 0) is 0 Å². The summed E-state index contributed by atoms with van der Waals surface area (Å²) in [5, 5.41) is 12.7. The molecule has 0 radical (unpaired) electrons. The van der Waals surface area contributed by atoms with E-state index < -0.39 is 5.54 Å². The SMILES string of the molecule is COc1cccc(N(C)CCC(C)(C#N)NC(C)C)c1. The smallest absolute Gasteiger partial charge is 0.120 e. The quantitative estimate of drug-likeness (QED) is 0.831. The molecule has 20 heavy (non-hydrogen) atoms. The van der Waals surface area contributed by atoms with Gasteiger partial charge in [-0.2, -0.15) is 5.26 Å². The van der Waals surface area contributed by atoms with Gasteiger partial charge in [-0.05, 0) is 39.3 Å². The van der Waals surface area contributed by atoms with Gasteiger partial charge < -0.3 is 9.64 Å². The predicted octanol–water partition coefficient (Wildman–Crippen LogP) is 2.80. The van der Waals surface area contributed by atoms with Gasteiger partial charge in [0.1, 0.15) is 11.3 Å². The molecule has 0 amide bonds. The van der Waals surface area contributed by atoms with Crippen LogP contribution in [0.25, 0.3) is 0 Å². The molecule has 0 saturated carbocycles. The Hall–Kier alpha value is -1.73. The van der Waals surface area contributed by atoms with Crippen LogP contribution in [0.4, 0.5) is 5.69 Å². The van der Waals surface area contributed by atoms with Gasteiger partial charge in [0.2, 0.25) is 0 Å². The first-order valence-electron chi connectivity index (χ1n) is 6.94. The Morgan fingerprint density at radius 1 is 1.45 bits per heavy atom. The molecule has 0 saturated heterocycles. The molecular weight excluding hydrogens is 250 g/mol. The van der Waals surface area contributed by atoms with Crippen molar-refractivity contribution < 1.29 is 4.74 Å². The second-order valence-electron chi connectivity index (χ2n) is 5.62. The van der Waals surface area contributed by atoms with Crippen molar-refractivity contribution in [1.82, 2.24) is 5.32 Å². The van der Waals surface area contributed by atoms with Crippen molar-refractivity contribution in [2.24, 2.45) is 0 Å². The number of nitriles is 1. The van der Waals surface area contributed by atoms with E-state index in [4.69, 9.17) is 4.74 Å². The largest absolute Gasteiger partial charge is 0.497 e. The molecule has 1 rings (SSSR count). The maximum atomic E-state index is 9.35. The number of hydrogen-bond donors (Lipinski definition) is 1. The highest BCUT2D eigenvalue weighted by Crippen LogP contribution is 2.21. The lowest BCUT2D eigenvalue weighted by Crippen LogP contribution is -2.46. The molecule has 0 aliphatic rings. The molecule has 4 heteroatoms. The Labute approximate surface area is 122 Å². The fraction of sp³-hybridized carbons (Fsp3) is 0.562. The maximum absolute atomic E-state index is 9.35. The number of benzene rings is 1. The minimum Gasteiger partial charge on any atom is -0.497 e. The monoisotopic (exact) mass is 275 g/mol. The zero-order chi connectivity index (χ0) is 15.2. The Kier molecular flexibility index (Phi) is 5.84. The number of hydrogen-bond acceptors (Lipinski definition) is 4. The molecule has 1 atom stereocenters. The van der Waals surface area contributed by atoms with Crippen LogP contribution >= 0.6 is 0 Å². The van der Waals surface area contributed by atoms with Crippen molar-refractivity contribution in [2.75, 3.05) is 25.6 Å². The topological polar surface area (TPSA) is 48.3 Å². The maximum Gasteiger partial charge on any atom is 0.120 e. The minimum absolute atomic E-state index is 0.293. The zero-order valence-electron chi connectivity index (χ0n) is 13.1. The number of nitrogens with zero attached hydrogens (tertiary/aromatic N) is 2. The highest BCUT2D eigenvalue weighted by molar-refractivity contribution is 5.50. The Bertz CT molecular complexity index is 467. The number of ether oxygens (including phenoxy) is 1. The summed E-state index contributed by atoms with van der Waals surface area (Å²) in [7, 11) is 3.69. The van der Waals surface area contributed by atoms with Gasteiger partial charge in [-0.25, -0.2) is 0 Å². The van der Waals surface area contributed by atoms with E-state index in [0.29, 0.717) is 6.04 Å². The van der Waals surface area contributed by atoms with Crippen LogP contribution in [0.15, 0.2) is 24.3 Å². The van der Waals surface area contributed by atoms with E-state index in [1.807, 2.05) is 38.2 Å². The fourth-order valence-electron chi connectivity index (χ4n) is 2.17. The molecule has 0 fully saturated rings. The molecule has 1 N–H and O–H groups in total. The Morgan fingerprint density at radius 3 is 2.70 bits per heavy atom. The molecule has 0 bridgehead atoms. The van der Waals surface area contributed by atoms with Crippen LogP contribution in [0.3, 0.4) is 0 Å². The van der Waals surface area contributed by atoms with E-state index in [9.17, 15) is 5.26 Å². The van der Waals surface area contributed by atoms with Crippen LogP contribution in [-0.4, -0.2) is 32.3 Å². The third-order valence-corrected chi connectivity index (χ3v) is 3.30. The molecule has 0 heterocycles. The fourth-order valence-corrected chi connectivity index (χ4v) is 2.17. The van der Waals surface area contributed by atoms with Crippen molar-refractivity contribution >= 4 is 5.69 Å². The molecule has 0 spiro atoms. The summed E-state index contributed by atoms with van der Waals surface area (Å²) in [6.07, 6.45) is 0.759. The number of methoxy groups -OCH3 is 1. The molecule has 110 valence electrons. The number of nitrogens with one attached hydrogen (secondary N) is 1. The van der Waals surface area contributed by atoms with E-state index >= 15 is 0 Å². The van der Waals surface area contributed by atoms with Crippen molar-refractivity contribution in [3.8, 4) is 11.8 Å². The van der Waals surface area contributed by atoms with Gasteiger partial charge in [0.05, 0.1) is 13.2 Å². The zero-order valence-corrected chi connectivity index (χ0v) is 13.1. The van der Waals surface area contributed by atoms with Gasteiger partial charge in [-0.15, -0.1) is 0 Å². The van der Waals surface area contributed by atoms with Gasteiger partial charge in [-0.3, -0.25) is 5.32 Å². The van der Waals surface area contributed by atoms with Crippen molar-refractivity contribution in [2.45, 2.75) is 38.8 Å².